The zero-order valence-corrected chi connectivity index (χ0v) is 11.4. The molecule has 8 heteroatoms. The minimum Gasteiger partial charge on any atom is -0.480 e. The average Bonchev–Trinajstić information content (AvgIpc) is 2.34. The molecule has 0 aliphatic rings. The smallest absolute Gasteiger partial charge is 0.416 e. The molecule has 0 saturated carbocycles. The first kappa shape index (κ1) is 16.8. The van der Waals surface area contributed by atoms with E-state index in [1.165, 1.54) is 6.07 Å². The number of aliphatic carboxylic acids is 1. The maximum Gasteiger partial charge on any atom is 0.416 e. The fraction of sp³-hybridized carbons (Fsp3) is 0.385. The van der Waals surface area contributed by atoms with E-state index in [9.17, 15) is 22.8 Å². The summed E-state index contributed by atoms with van der Waals surface area (Å²) in [5.41, 5.74) is -0.978. The third-order valence-electron chi connectivity index (χ3n) is 2.67. The number of anilines is 1. The van der Waals surface area contributed by atoms with Crippen LogP contribution in [0.25, 0.3) is 0 Å². The molecule has 0 aliphatic carbocycles. The third kappa shape index (κ3) is 4.97. The number of carbonyl (C=O) groups is 2. The van der Waals surface area contributed by atoms with Gasteiger partial charge in [0.2, 0.25) is 0 Å². The second-order valence-electron chi connectivity index (χ2n) is 4.74. The summed E-state index contributed by atoms with van der Waals surface area (Å²) in [5.74, 6) is -1.58. The van der Waals surface area contributed by atoms with Crippen molar-refractivity contribution in [3.63, 3.8) is 0 Å². The van der Waals surface area contributed by atoms with Gasteiger partial charge in [-0.15, -0.1) is 0 Å². The molecule has 0 spiro atoms. The molecule has 3 N–H and O–H groups in total. The summed E-state index contributed by atoms with van der Waals surface area (Å²) in [6, 6.07) is 2.06. The van der Waals surface area contributed by atoms with Gasteiger partial charge in [0.15, 0.2) is 0 Å². The minimum atomic E-state index is -4.52. The molecule has 1 aromatic rings. The predicted octanol–water partition coefficient (Wildman–Crippen LogP) is 2.94. The van der Waals surface area contributed by atoms with Crippen LogP contribution < -0.4 is 10.6 Å². The second-order valence-corrected chi connectivity index (χ2v) is 4.74. The van der Waals surface area contributed by atoms with Gasteiger partial charge >= 0.3 is 18.2 Å². The molecule has 0 saturated heterocycles. The molecule has 21 heavy (non-hydrogen) atoms. The number of amides is 2. The van der Waals surface area contributed by atoms with Crippen LogP contribution in [0, 0.1) is 5.92 Å². The third-order valence-corrected chi connectivity index (χ3v) is 2.67. The van der Waals surface area contributed by atoms with Crippen LogP contribution in [0.4, 0.5) is 23.7 Å². The van der Waals surface area contributed by atoms with Crippen molar-refractivity contribution in [1.29, 1.82) is 0 Å². The molecule has 0 heterocycles. The number of urea groups is 1. The molecule has 0 unspecified atom stereocenters. The van der Waals surface area contributed by atoms with Gasteiger partial charge in [0.1, 0.15) is 6.04 Å². The largest absolute Gasteiger partial charge is 0.480 e. The van der Waals surface area contributed by atoms with Gasteiger partial charge in [-0.1, -0.05) is 19.9 Å². The van der Waals surface area contributed by atoms with Crippen molar-refractivity contribution in [2.75, 3.05) is 5.32 Å². The molecule has 2 amide bonds. The molecule has 5 nitrogen and oxygen atoms in total. The lowest BCUT2D eigenvalue weighted by atomic mass is 10.1. The number of carboxylic acid groups (broad SMARTS) is 1. The van der Waals surface area contributed by atoms with Gasteiger partial charge in [-0.05, 0) is 24.1 Å². The van der Waals surface area contributed by atoms with E-state index in [0.717, 1.165) is 18.2 Å². The van der Waals surface area contributed by atoms with Gasteiger partial charge in [0, 0.05) is 5.69 Å². The first-order valence-electron chi connectivity index (χ1n) is 6.09. The maximum absolute atomic E-state index is 12.5. The Kier molecular flexibility index (Phi) is 5.17. The summed E-state index contributed by atoms with van der Waals surface area (Å²) in [4.78, 5) is 22.5. The highest BCUT2D eigenvalue weighted by molar-refractivity contribution is 5.92. The number of nitrogens with one attached hydrogen (secondary N) is 2. The van der Waals surface area contributed by atoms with Crippen molar-refractivity contribution >= 4 is 17.7 Å². The summed E-state index contributed by atoms with van der Waals surface area (Å²) < 4.78 is 37.6. The highest BCUT2D eigenvalue weighted by Gasteiger charge is 2.30. The Bertz CT molecular complexity index is 530. The predicted molar refractivity (Wildman–Crippen MR) is 69.9 cm³/mol. The monoisotopic (exact) mass is 304 g/mol. The van der Waals surface area contributed by atoms with E-state index in [0.29, 0.717) is 0 Å². The van der Waals surface area contributed by atoms with E-state index in [2.05, 4.69) is 10.6 Å². The maximum atomic E-state index is 12.5. The van der Waals surface area contributed by atoms with Crippen molar-refractivity contribution in [1.82, 2.24) is 5.32 Å². The van der Waals surface area contributed by atoms with Gasteiger partial charge in [-0.2, -0.15) is 13.2 Å². The Morgan fingerprint density at radius 1 is 1.24 bits per heavy atom. The number of carboxylic acids is 1. The highest BCUT2D eigenvalue weighted by atomic mass is 19.4. The van der Waals surface area contributed by atoms with Crippen LogP contribution in [-0.2, 0) is 11.0 Å². The highest BCUT2D eigenvalue weighted by Crippen LogP contribution is 2.30. The van der Waals surface area contributed by atoms with E-state index < -0.39 is 29.8 Å². The molecular weight excluding hydrogens is 289 g/mol. The van der Waals surface area contributed by atoms with Crippen LogP contribution in [0.3, 0.4) is 0 Å². The van der Waals surface area contributed by atoms with Crippen LogP contribution in [0.2, 0.25) is 0 Å². The molecule has 1 aromatic carbocycles. The summed E-state index contributed by atoms with van der Waals surface area (Å²) in [6.07, 6.45) is -4.52. The molecule has 116 valence electrons. The first-order chi connectivity index (χ1) is 9.61. The van der Waals surface area contributed by atoms with Gasteiger partial charge in [-0.3, -0.25) is 0 Å². The molecular formula is C13H15F3N2O3. The lowest BCUT2D eigenvalue weighted by molar-refractivity contribution is -0.140. The zero-order valence-electron chi connectivity index (χ0n) is 11.4. The van der Waals surface area contributed by atoms with Crippen molar-refractivity contribution in [3.8, 4) is 0 Å². The average molecular weight is 304 g/mol. The Morgan fingerprint density at radius 3 is 2.33 bits per heavy atom. The summed E-state index contributed by atoms with van der Waals surface area (Å²) in [5, 5.41) is 13.3. The van der Waals surface area contributed by atoms with Gasteiger partial charge in [0.25, 0.3) is 0 Å². The fourth-order valence-electron chi connectivity index (χ4n) is 1.60. The van der Waals surface area contributed by atoms with E-state index in [-0.39, 0.29) is 11.6 Å². The normalized spacial score (nSPS) is 12.9. The number of rotatable bonds is 4. The first-order valence-corrected chi connectivity index (χ1v) is 6.09. The van der Waals surface area contributed by atoms with Crippen LogP contribution in [-0.4, -0.2) is 23.1 Å². The Hall–Kier alpha value is -2.25. The van der Waals surface area contributed by atoms with Crippen LogP contribution in [0.1, 0.15) is 19.4 Å². The van der Waals surface area contributed by atoms with E-state index >= 15 is 0 Å². The summed E-state index contributed by atoms with van der Waals surface area (Å²) >= 11 is 0. The van der Waals surface area contributed by atoms with Gasteiger partial charge in [-0.25, -0.2) is 9.59 Å². The Morgan fingerprint density at radius 2 is 1.86 bits per heavy atom. The molecule has 1 atom stereocenters. The van der Waals surface area contributed by atoms with Gasteiger partial charge < -0.3 is 15.7 Å². The molecule has 1 rings (SSSR count). The van der Waals surface area contributed by atoms with E-state index in [1.807, 2.05) is 0 Å². The van der Waals surface area contributed by atoms with E-state index in [1.54, 1.807) is 13.8 Å². The van der Waals surface area contributed by atoms with Crippen molar-refractivity contribution < 1.29 is 27.9 Å². The number of hydrogen-bond donors (Lipinski definition) is 3. The molecule has 0 aliphatic heterocycles. The second kappa shape index (κ2) is 6.47. The Balaban J connectivity index is 2.77. The topological polar surface area (TPSA) is 78.4 Å². The lowest BCUT2D eigenvalue weighted by Gasteiger charge is -2.18. The van der Waals surface area contributed by atoms with Crippen molar-refractivity contribution in [3.05, 3.63) is 29.8 Å². The SMILES string of the molecule is CC(C)[C@@H](NC(=O)Nc1cccc(C(F)(F)F)c1)C(=O)O. The quantitative estimate of drug-likeness (QED) is 0.800. The van der Waals surface area contributed by atoms with Gasteiger partial charge in [0.05, 0.1) is 5.56 Å². The number of halogens is 3. The lowest BCUT2D eigenvalue weighted by Crippen LogP contribution is -2.46. The number of benzene rings is 1. The molecule has 0 bridgehead atoms. The minimum absolute atomic E-state index is 0.0739. The van der Waals surface area contributed by atoms with Crippen molar-refractivity contribution in [2.24, 2.45) is 5.92 Å². The number of hydrogen-bond acceptors (Lipinski definition) is 2. The Labute approximate surface area is 119 Å². The van der Waals surface area contributed by atoms with Crippen LogP contribution >= 0.6 is 0 Å². The zero-order chi connectivity index (χ0) is 16.2. The molecule has 0 aromatic heterocycles. The fourth-order valence-corrected chi connectivity index (χ4v) is 1.60. The van der Waals surface area contributed by atoms with Crippen LogP contribution in [0.5, 0.6) is 0 Å². The van der Waals surface area contributed by atoms with E-state index in [4.69, 9.17) is 5.11 Å². The summed E-state index contributed by atoms with van der Waals surface area (Å²) in [6.45, 7) is 3.20. The number of carbonyl (C=O) groups excluding carboxylic acids is 1. The number of alkyl halides is 3. The summed E-state index contributed by atoms with van der Waals surface area (Å²) in [7, 11) is 0. The standard InChI is InChI=1S/C13H15F3N2O3/c1-7(2)10(11(19)20)18-12(21)17-9-5-3-4-8(6-9)13(14,15)16/h3-7,10H,1-2H3,(H,19,20)(H2,17,18,21)/t10-/m1/s1. The molecule has 0 radical (unpaired) electrons. The van der Waals surface area contributed by atoms with Crippen LogP contribution in [0.15, 0.2) is 24.3 Å². The molecule has 0 fully saturated rings. The van der Waals surface area contributed by atoms with Crippen molar-refractivity contribution in [2.45, 2.75) is 26.1 Å².